The molecule has 7 heteroatoms. The van der Waals surface area contributed by atoms with Crippen LogP contribution in [0, 0.1) is 5.92 Å². The minimum Gasteiger partial charge on any atom is -0.379 e. The fourth-order valence-corrected chi connectivity index (χ4v) is 4.53. The molecule has 0 aromatic rings. The summed E-state index contributed by atoms with van der Waals surface area (Å²) in [5, 5.41) is 4.21. The molecular weight excluding hydrogens is 447 g/mol. The van der Waals surface area contributed by atoms with Crippen molar-refractivity contribution in [3.8, 4) is 0 Å². The molecule has 148 valence electrons. The predicted octanol–water partition coefficient (Wildman–Crippen LogP) is 2.75. The summed E-state index contributed by atoms with van der Waals surface area (Å²) in [5.74, 6) is 3.00. The molecule has 2 saturated heterocycles. The maximum absolute atomic E-state index is 5.49. The van der Waals surface area contributed by atoms with Crippen molar-refractivity contribution in [2.75, 3.05) is 58.2 Å². The van der Waals surface area contributed by atoms with Crippen LogP contribution in [0.15, 0.2) is 4.99 Å². The van der Waals surface area contributed by atoms with Gasteiger partial charge in [0, 0.05) is 49.3 Å². The summed E-state index contributed by atoms with van der Waals surface area (Å²) < 4.78 is 5.49. The maximum atomic E-state index is 5.49. The maximum Gasteiger partial charge on any atom is 0.194 e. The Kier molecular flexibility index (Phi) is 10.4. The van der Waals surface area contributed by atoms with Crippen molar-refractivity contribution in [1.29, 1.82) is 0 Å². The van der Waals surface area contributed by atoms with Gasteiger partial charge in [-0.05, 0) is 26.7 Å². The average molecular weight is 484 g/mol. The first kappa shape index (κ1) is 23.3. The molecule has 0 aliphatic carbocycles. The van der Waals surface area contributed by atoms with Crippen molar-refractivity contribution in [2.45, 2.75) is 45.4 Å². The number of aliphatic imine (C=N–C) groups is 1. The summed E-state index contributed by atoms with van der Waals surface area (Å²) in [6.45, 7) is 19.1. The molecule has 0 radical (unpaired) electrons. The van der Waals surface area contributed by atoms with Crippen LogP contribution in [0.4, 0.5) is 0 Å². The number of rotatable bonds is 5. The average Bonchev–Trinajstić information content (AvgIpc) is 2.59. The van der Waals surface area contributed by atoms with Crippen LogP contribution >= 0.6 is 35.7 Å². The van der Waals surface area contributed by atoms with Gasteiger partial charge in [0.15, 0.2) is 5.96 Å². The molecule has 2 fully saturated rings. The van der Waals surface area contributed by atoms with Gasteiger partial charge < -0.3 is 15.0 Å². The smallest absolute Gasteiger partial charge is 0.194 e. The van der Waals surface area contributed by atoms with Gasteiger partial charge in [0.1, 0.15) is 0 Å². The third kappa shape index (κ3) is 7.07. The van der Waals surface area contributed by atoms with E-state index in [0.717, 1.165) is 58.4 Å². The minimum atomic E-state index is 0. The summed E-state index contributed by atoms with van der Waals surface area (Å²) in [5.41, 5.74) is 0.0758. The summed E-state index contributed by atoms with van der Waals surface area (Å²) in [6, 6.07) is 0. The Morgan fingerprint density at radius 3 is 2.56 bits per heavy atom. The van der Waals surface area contributed by atoms with Gasteiger partial charge in [-0.1, -0.05) is 13.8 Å². The summed E-state index contributed by atoms with van der Waals surface area (Å²) in [7, 11) is 0. The summed E-state index contributed by atoms with van der Waals surface area (Å²) in [4.78, 5) is 9.98. The van der Waals surface area contributed by atoms with Gasteiger partial charge in [0.05, 0.1) is 19.8 Å². The molecule has 5 nitrogen and oxygen atoms in total. The highest BCUT2D eigenvalue weighted by Crippen LogP contribution is 2.25. The highest BCUT2D eigenvalue weighted by Gasteiger charge is 2.29. The van der Waals surface area contributed by atoms with Crippen LogP contribution in [-0.4, -0.2) is 84.8 Å². The molecule has 1 unspecified atom stereocenters. The monoisotopic (exact) mass is 484 g/mol. The van der Waals surface area contributed by atoms with Gasteiger partial charge in [0.2, 0.25) is 0 Å². The van der Waals surface area contributed by atoms with Crippen LogP contribution in [0.1, 0.15) is 34.6 Å². The van der Waals surface area contributed by atoms with Crippen molar-refractivity contribution in [3.63, 3.8) is 0 Å². The number of halogens is 1. The molecule has 2 rings (SSSR count). The Morgan fingerprint density at radius 2 is 1.96 bits per heavy atom. The van der Waals surface area contributed by atoms with Crippen LogP contribution in [-0.2, 0) is 4.74 Å². The zero-order chi connectivity index (χ0) is 17.6. The Labute approximate surface area is 175 Å². The zero-order valence-electron chi connectivity index (χ0n) is 16.6. The molecule has 2 aliphatic heterocycles. The number of guanidine groups is 1. The van der Waals surface area contributed by atoms with Crippen LogP contribution in [0.2, 0.25) is 0 Å². The normalized spacial score (nSPS) is 23.5. The van der Waals surface area contributed by atoms with Gasteiger partial charge in [-0.15, -0.1) is 24.0 Å². The zero-order valence-corrected chi connectivity index (χ0v) is 19.7. The van der Waals surface area contributed by atoms with Gasteiger partial charge in [-0.2, -0.15) is 11.8 Å². The summed E-state index contributed by atoms with van der Waals surface area (Å²) >= 11 is 2.11. The Hall–Kier alpha value is 0.270. The SMILES string of the molecule is CCNC(=NCC(C)(C)N1CCOCC1)N1CCSC(C(C)C)C1.I. The molecule has 2 aliphatic rings. The van der Waals surface area contributed by atoms with Crippen molar-refractivity contribution in [2.24, 2.45) is 10.9 Å². The highest BCUT2D eigenvalue weighted by atomic mass is 127. The number of ether oxygens (including phenoxy) is 1. The van der Waals surface area contributed by atoms with Crippen LogP contribution in [0.5, 0.6) is 0 Å². The number of thioether (sulfide) groups is 1. The Morgan fingerprint density at radius 1 is 1.28 bits per heavy atom. The van der Waals surface area contributed by atoms with E-state index in [9.17, 15) is 0 Å². The van der Waals surface area contributed by atoms with E-state index in [0.29, 0.717) is 11.2 Å². The molecule has 0 spiro atoms. The van der Waals surface area contributed by atoms with Crippen LogP contribution < -0.4 is 5.32 Å². The van der Waals surface area contributed by atoms with E-state index in [1.807, 2.05) is 0 Å². The predicted molar refractivity (Wildman–Crippen MR) is 121 cm³/mol. The van der Waals surface area contributed by atoms with Crippen LogP contribution in [0.25, 0.3) is 0 Å². The van der Waals surface area contributed by atoms with Crippen molar-refractivity contribution in [3.05, 3.63) is 0 Å². The van der Waals surface area contributed by atoms with Gasteiger partial charge in [-0.3, -0.25) is 9.89 Å². The standard InChI is InChI=1S/C18H36N4OS.HI/c1-6-19-17(21-9-12-24-16(13-21)15(2)3)20-14-18(4,5)22-7-10-23-11-8-22;/h15-16H,6-14H2,1-5H3,(H,19,20);1H. The number of hydrogen-bond donors (Lipinski definition) is 1. The largest absolute Gasteiger partial charge is 0.379 e. The van der Waals surface area contributed by atoms with E-state index in [1.165, 1.54) is 5.75 Å². The van der Waals surface area contributed by atoms with Crippen molar-refractivity contribution in [1.82, 2.24) is 15.1 Å². The minimum absolute atomic E-state index is 0. The van der Waals surface area contributed by atoms with Crippen molar-refractivity contribution < 1.29 is 4.74 Å². The lowest BCUT2D eigenvalue weighted by Gasteiger charge is -2.40. The van der Waals surface area contributed by atoms with Crippen molar-refractivity contribution >= 4 is 41.7 Å². The molecule has 0 amide bonds. The Bertz CT molecular complexity index is 414. The van der Waals surface area contributed by atoms with Gasteiger partial charge in [0.25, 0.3) is 0 Å². The number of morpholine rings is 1. The van der Waals surface area contributed by atoms with E-state index < -0.39 is 0 Å². The molecule has 0 aromatic carbocycles. The second-order valence-corrected chi connectivity index (χ2v) is 9.03. The molecule has 1 N–H and O–H groups in total. The van der Waals surface area contributed by atoms with Gasteiger partial charge in [-0.25, -0.2) is 0 Å². The third-order valence-electron chi connectivity index (χ3n) is 4.95. The molecule has 1 atom stereocenters. The van der Waals surface area contributed by atoms with E-state index in [1.54, 1.807) is 0 Å². The first-order chi connectivity index (χ1) is 11.4. The quantitative estimate of drug-likeness (QED) is 0.369. The lowest BCUT2D eigenvalue weighted by atomic mass is 10.0. The molecule has 0 bridgehead atoms. The number of nitrogens with one attached hydrogen (secondary N) is 1. The molecule has 0 aromatic heterocycles. The number of nitrogens with zero attached hydrogens (tertiary/aromatic N) is 3. The van der Waals surface area contributed by atoms with Gasteiger partial charge >= 0.3 is 0 Å². The van der Waals surface area contributed by atoms with Crippen LogP contribution in [0.3, 0.4) is 0 Å². The Balaban J connectivity index is 0.00000312. The lowest BCUT2D eigenvalue weighted by molar-refractivity contribution is -0.00689. The van der Waals surface area contributed by atoms with E-state index in [2.05, 4.69) is 61.5 Å². The first-order valence-corrected chi connectivity index (χ1v) is 10.5. The second-order valence-electron chi connectivity index (χ2n) is 7.68. The molecule has 2 heterocycles. The van der Waals surface area contributed by atoms with E-state index >= 15 is 0 Å². The fraction of sp³-hybridized carbons (Fsp3) is 0.944. The molecule has 0 saturated carbocycles. The lowest BCUT2D eigenvalue weighted by Crippen LogP contribution is -2.53. The molecular formula is C18H37IN4OS. The topological polar surface area (TPSA) is 40.1 Å². The number of hydrogen-bond acceptors (Lipinski definition) is 4. The highest BCUT2D eigenvalue weighted by molar-refractivity contribution is 14.0. The molecule has 25 heavy (non-hydrogen) atoms. The van der Waals surface area contributed by atoms with E-state index in [4.69, 9.17) is 9.73 Å². The first-order valence-electron chi connectivity index (χ1n) is 9.41. The third-order valence-corrected chi connectivity index (χ3v) is 6.49. The summed E-state index contributed by atoms with van der Waals surface area (Å²) in [6.07, 6.45) is 0. The fourth-order valence-electron chi connectivity index (χ4n) is 3.23. The van der Waals surface area contributed by atoms with E-state index in [-0.39, 0.29) is 29.5 Å². The second kappa shape index (κ2) is 11.2.